The number of carbonyl (C=O) groups is 2. The van der Waals surface area contributed by atoms with E-state index in [1.165, 1.54) is 12.1 Å². The van der Waals surface area contributed by atoms with E-state index >= 15 is 0 Å². The fraction of sp³-hybridized carbons (Fsp3) is 0.308. The van der Waals surface area contributed by atoms with Crippen molar-refractivity contribution in [3.8, 4) is 6.07 Å². The van der Waals surface area contributed by atoms with Crippen LogP contribution in [0.15, 0.2) is 12.1 Å². The molecule has 1 aromatic carbocycles. The summed E-state index contributed by atoms with van der Waals surface area (Å²) in [5, 5.41) is 8.84. The molecular weight excluding hydrogens is 218 g/mol. The highest BCUT2D eigenvalue weighted by Crippen LogP contribution is 2.18. The Morgan fingerprint density at radius 2 is 2.18 bits per heavy atom. The van der Waals surface area contributed by atoms with Crippen LogP contribution in [0.1, 0.15) is 45.7 Å². The van der Waals surface area contributed by atoms with Crippen molar-refractivity contribution in [2.45, 2.75) is 20.3 Å². The van der Waals surface area contributed by atoms with Gasteiger partial charge in [0, 0.05) is 5.56 Å². The van der Waals surface area contributed by atoms with Gasteiger partial charge in [-0.3, -0.25) is 4.79 Å². The molecule has 0 aromatic heterocycles. The van der Waals surface area contributed by atoms with Gasteiger partial charge in [-0.15, -0.1) is 0 Å². The van der Waals surface area contributed by atoms with E-state index in [0.717, 1.165) is 0 Å². The van der Waals surface area contributed by atoms with E-state index in [0.29, 0.717) is 29.4 Å². The molecule has 0 saturated carbocycles. The number of aldehydes is 1. The lowest BCUT2D eigenvalue weighted by atomic mass is 9.96. The van der Waals surface area contributed by atoms with Crippen LogP contribution in [0.5, 0.6) is 0 Å². The topological polar surface area (TPSA) is 67.2 Å². The smallest absolute Gasteiger partial charge is 0.338 e. The fourth-order valence-electron chi connectivity index (χ4n) is 1.65. The van der Waals surface area contributed by atoms with Crippen LogP contribution in [0.4, 0.5) is 0 Å². The van der Waals surface area contributed by atoms with Gasteiger partial charge in [0.25, 0.3) is 0 Å². The predicted molar refractivity (Wildman–Crippen MR) is 61.9 cm³/mol. The minimum atomic E-state index is -0.496. The van der Waals surface area contributed by atoms with Crippen LogP contribution in [0.3, 0.4) is 0 Å². The zero-order valence-corrected chi connectivity index (χ0v) is 9.82. The van der Waals surface area contributed by atoms with E-state index in [4.69, 9.17) is 10.00 Å². The molecule has 0 radical (unpaired) electrons. The largest absolute Gasteiger partial charge is 0.462 e. The molecule has 1 rings (SSSR count). The van der Waals surface area contributed by atoms with Crippen LogP contribution in [-0.2, 0) is 11.2 Å². The maximum Gasteiger partial charge on any atom is 0.338 e. The molecule has 0 heterocycles. The second-order valence-electron chi connectivity index (χ2n) is 3.40. The van der Waals surface area contributed by atoms with E-state index in [1.54, 1.807) is 6.92 Å². The standard InChI is InChI=1S/C13H13NO3/c1-3-11-10(8-15)5-9(7-14)6-12(11)13(16)17-4-2/h5-6,8H,3-4H2,1-2H3. The van der Waals surface area contributed by atoms with Crippen LogP contribution in [0.25, 0.3) is 0 Å². The average Bonchev–Trinajstić information content (AvgIpc) is 2.37. The van der Waals surface area contributed by atoms with Crippen molar-refractivity contribution >= 4 is 12.3 Å². The highest BCUT2D eigenvalue weighted by molar-refractivity contribution is 5.95. The minimum Gasteiger partial charge on any atom is -0.462 e. The van der Waals surface area contributed by atoms with Gasteiger partial charge in [0.05, 0.1) is 23.8 Å². The zero-order valence-electron chi connectivity index (χ0n) is 9.82. The molecule has 0 aliphatic rings. The third-order valence-electron chi connectivity index (χ3n) is 2.39. The summed E-state index contributed by atoms with van der Waals surface area (Å²) in [5.41, 5.74) is 1.58. The lowest BCUT2D eigenvalue weighted by Crippen LogP contribution is -2.10. The first-order chi connectivity index (χ1) is 8.17. The molecule has 1 aromatic rings. The fourth-order valence-corrected chi connectivity index (χ4v) is 1.65. The monoisotopic (exact) mass is 231 g/mol. The van der Waals surface area contributed by atoms with Crippen molar-refractivity contribution in [1.29, 1.82) is 5.26 Å². The third kappa shape index (κ3) is 2.70. The lowest BCUT2D eigenvalue weighted by molar-refractivity contribution is 0.0525. The molecule has 17 heavy (non-hydrogen) atoms. The van der Waals surface area contributed by atoms with Gasteiger partial charge < -0.3 is 4.74 Å². The first-order valence-corrected chi connectivity index (χ1v) is 5.37. The van der Waals surface area contributed by atoms with Crippen LogP contribution in [-0.4, -0.2) is 18.9 Å². The quantitative estimate of drug-likeness (QED) is 0.588. The summed E-state index contributed by atoms with van der Waals surface area (Å²) in [7, 11) is 0. The average molecular weight is 231 g/mol. The van der Waals surface area contributed by atoms with Gasteiger partial charge in [-0.2, -0.15) is 5.26 Å². The van der Waals surface area contributed by atoms with Crippen LogP contribution < -0.4 is 0 Å². The number of hydrogen-bond acceptors (Lipinski definition) is 4. The number of esters is 1. The molecule has 0 atom stereocenters. The van der Waals surface area contributed by atoms with E-state index < -0.39 is 5.97 Å². The molecular formula is C13H13NO3. The molecule has 0 bridgehead atoms. The maximum atomic E-state index is 11.7. The predicted octanol–water partition coefficient (Wildman–Crippen LogP) is 2.11. The van der Waals surface area contributed by atoms with Gasteiger partial charge in [0.2, 0.25) is 0 Å². The summed E-state index contributed by atoms with van der Waals surface area (Å²) >= 11 is 0. The number of hydrogen-bond donors (Lipinski definition) is 0. The number of rotatable bonds is 4. The Kier molecular flexibility index (Phi) is 4.41. The second kappa shape index (κ2) is 5.80. The van der Waals surface area contributed by atoms with E-state index in [2.05, 4.69) is 0 Å². The Bertz CT molecular complexity index is 486. The van der Waals surface area contributed by atoms with Crippen molar-refractivity contribution < 1.29 is 14.3 Å². The Balaban J connectivity index is 3.40. The van der Waals surface area contributed by atoms with Crippen LogP contribution >= 0.6 is 0 Å². The van der Waals surface area contributed by atoms with Gasteiger partial charge in [0.15, 0.2) is 0 Å². The molecule has 88 valence electrons. The Morgan fingerprint density at radius 3 is 2.65 bits per heavy atom. The normalized spacial score (nSPS) is 9.47. The van der Waals surface area contributed by atoms with E-state index in [1.807, 2.05) is 13.0 Å². The summed E-state index contributed by atoms with van der Waals surface area (Å²) < 4.78 is 4.91. The third-order valence-corrected chi connectivity index (χ3v) is 2.39. The molecule has 0 fully saturated rings. The number of nitriles is 1. The summed E-state index contributed by atoms with van der Waals surface area (Å²) in [6, 6.07) is 4.87. The Hall–Kier alpha value is -2.15. The SMILES string of the molecule is CCOC(=O)c1cc(C#N)cc(C=O)c1CC. The van der Waals surface area contributed by atoms with Crippen LogP contribution in [0.2, 0.25) is 0 Å². The second-order valence-corrected chi connectivity index (χ2v) is 3.40. The molecule has 0 spiro atoms. The van der Waals surface area contributed by atoms with Crippen LogP contribution in [0, 0.1) is 11.3 Å². The molecule has 0 saturated heterocycles. The first-order valence-electron chi connectivity index (χ1n) is 5.37. The summed E-state index contributed by atoms with van der Waals surface area (Å²) in [6.45, 7) is 3.81. The minimum absolute atomic E-state index is 0.259. The highest BCUT2D eigenvalue weighted by Gasteiger charge is 2.16. The van der Waals surface area contributed by atoms with Crippen molar-refractivity contribution in [3.05, 3.63) is 34.4 Å². The van der Waals surface area contributed by atoms with Crippen molar-refractivity contribution in [1.82, 2.24) is 0 Å². The lowest BCUT2D eigenvalue weighted by Gasteiger charge is -2.10. The maximum absolute atomic E-state index is 11.7. The van der Waals surface area contributed by atoms with Gasteiger partial charge in [-0.25, -0.2) is 4.79 Å². The molecule has 0 unspecified atom stereocenters. The Morgan fingerprint density at radius 1 is 1.47 bits per heavy atom. The molecule has 0 N–H and O–H groups in total. The van der Waals surface area contributed by atoms with Gasteiger partial charge >= 0.3 is 5.97 Å². The van der Waals surface area contributed by atoms with Crippen molar-refractivity contribution in [2.75, 3.05) is 6.61 Å². The Labute approximate surface area is 99.8 Å². The van der Waals surface area contributed by atoms with Gasteiger partial charge in [-0.05, 0) is 31.0 Å². The highest BCUT2D eigenvalue weighted by atomic mass is 16.5. The summed E-state index contributed by atoms with van der Waals surface area (Å²) in [6.07, 6.45) is 1.19. The first kappa shape index (κ1) is 12.9. The number of carbonyl (C=O) groups excluding carboxylic acids is 2. The number of ether oxygens (including phenoxy) is 1. The summed E-state index contributed by atoms with van der Waals surface area (Å²) in [4.78, 5) is 22.6. The number of benzene rings is 1. The van der Waals surface area contributed by atoms with E-state index in [9.17, 15) is 9.59 Å². The molecule has 0 aliphatic heterocycles. The molecule has 0 aliphatic carbocycles. The number of nitrogens with zero attached hydrogens (tertiary/aromatic N) is 1. The molecule has 4 nitrogen and oxygen atoms in total. The summed E-state index contributed by atoms with van der Waals surface area (Å²) in [5.74, 6) is -0.496. The van der Waals surface area contributed by atoms with Crippen molar-refractivity contribution in [3.63, 3.8) is 0 Å². The zero-order chi connectivity index (χ0) is 12.8. The van der Waals surface area contributed by atoms with Crippen molar-refractivity contribution in [2.24, 2.45) is 0 Å². The van der Waals surface area contributed by atoms with E-state index in [-0.39, 0.29) is 12.2 Å². The van der Waals surface area contributed by atoms with Gasteiger partial charge in [0.1, 0.15) is 6.29 Å². The van der Waals surface area contributed by atoms with Gasteiger partial charge in [-0.1, -0.05) is 6.92 Å². The molecule has 0 amide bonds. The molecule has 4 heteroatoms.